The van der Waals surface area contributed by atoms with E-state index in [0.717, 1.165) is 31.4 Å². The van der Waals surface area contributed by atoms with Crippen LogP contribution >= 0.6 is 0 Å². The van der Waals surface area contributed by atoms with Gasteiger partial charge < -0.3 is 4.90 Å². The lowest BCUT2D eigenvalue weighted by molar-refractivity contribution is -0.138. The molecule has 2 aliphatic rings. The number of sulfone groups is 1. The third kappa shape index (κ3) is 3.34. The van der Waals surface area contributed by atoms with E-state index in [9.17, 15) is 13.2 Å². The molecule has 2 atom stereocenters. The third-order valence-corrected chi connectivity index (χ3v) is 6.42. The lowest BCUT2D eigenvalue weighted by Crippen LogP contribution is -2.48. The van der Waals surface area contributed by atoms with Gasteiger partial charge in [-0.3, -0.25) is 9.48 Å². The Bertz CT molecular complexity index is 653. The summed E-state index contributed by atoms with van der Waals surface area (Å²) >= 11 is 0. The molecule has 2 saturated heterocycles. The maximum atomic E-state index is 12.7. The van der Waals surface area contributed by atoms with Crippen molar-refractivity contribution in [3.05, 3.63) is 18.0 Å². The SMILES string of the molecule is Cc1cnn(C[C@H]2CCCCN2C(=O)[C@@H]2CCS(=O)(=O)C2)c1. The number of nitrogens with zero attached hydrogens (tertiary/aromatic N) is 3. The first-order chi connectivity index (χ1) is 10.4. The summed E-state index contributed by atoms with van der Waals surface area (Å²) in [6, 6.07) is 0.129. The van der Waals surface area contributed by atoms with E-state index in [1.165, 1.54) is 0 Å². The highest BCUT2D eigenvalue weighted by atomic mass is 32.2. The number of rotatable bonds is 3. The van der Waals surface area contributed by atoms with Crippen LogP contribution in [0.1, 0.15) is 31.2 Å². The molecule has 0 aromatic carbocycles. The molecular weight excluding hydrogens is 302 g/mol. The van der Waals surface area contributed by atoms with Crippen molar-refractivity contribution in [1.29, 1.82) is 0 Å². The summed E-state index contributed by atoms with van der Waals surface area (Å²) in [5, 5.41) is 4.31. The van der Waals surface area contributed by atoms with Gasteiger partial charge in [-0.1, -0.05) is 0 Å². The van der Waals surface area contributed by atoms with Crippen molar-refractivity contribution in [2.75, 3.05) is 18.1 Å². The van der Waals surface area contributed by atoms with E-state index in [-0.39, 0.29) is 29.4 Å². The van der Waals surface area contributed by atoms with Gasteiger partial charge in [-0.25, -0.2) is 8.42 Å². The average molecular weight is 325 g/mol. The van der Waals surface area contributed by atoms with Gasteiger partial charge in [0.2, 0.25) is 5.91 Å². The Kier molecular flexibility index (Phi) is 4.25. The minimum Gasteiger partial charge on any atom is -0.338 e. The second-order valence-corrected chi connectivity index (χ2v) is 8.75. The number of aromatic nitrogens is 2. The monoisotopic (exact) mass is 325 g/mol. The van der Waals surface area contributed by atoms with E-state index in [1.807, 2.05) is 28.9 Å². The quantitative estimate of drug-likeness (QED) is 0.831. The molecule has 0 aliphatic carbocycles. The van der Waals surface area contributed by atoms with Crippen LogP contribution in [0.25, 0.3) is 0 Å². The van der Waals surface area contributed by atoms with E-state index in [1.54, 1.807) is 0 Å². The second kappa shape index (κ2) is 6.02. The van der Waals surface area contributed by atoms with E-state index < -0.39 is 9.84 Å². The van der Waals surface area contributed by atoms with Gasteiger partial charge in [-0.05, 0) is 38.2 Å². The number of piperidine rings is 1. The summed E-state index contributed by atoms with van der Waals surface area (Å²) in [7, 11) is -3.02. The molecular formula is C15H23N3O3S. The first-order valence-electron chi connectivity index (χ1n) is 7.94. The van der Waals surface area contributed by atoms with Crippen molar-refractivity contribution in [1.82, 2.24) is 14.7 Å². The number of carbonyl (C=O) groups is 1. The van der Waals surface area contributed by atoms with E-state index >= 15 is 0 Å². The zero-order valence-corrected chi connectivity index (χ0v) is 13.8. The first kappa shape index (κ1) is 15.5. The van der Waals surface area contributed by atoms with Crippen LogP contribution in [0.5, 0.6) is 0 Å². The maximum Gasteiger partial charge on any atom is 0.227 e. The molecule has 0 bridgehead atoms. The summed E-state index contributed by atoms with van der Waals surface area (Å²) < 4.78 is 25.1. The standard InChI is InChI=1S/C15H23N3O3S/c1-12-8-16-17(9-12)10-14-4-2-3-6-18(14)15(19)13-5-7-22(20,21)11-13/h8-9,13-14H,2-7,10-11H2,1H3/t13-,14-/m1/s1. The van der Waals surface area contributed by atoms with Gasteiger partial charge in [0.1, 0.15) is 0 Å². The summed E-state index contributed by atoms with van der Waals surface area (Å²) in [5.41, 5.74) is 1.11. The van der Waals surface area contributed by atoms with Crippen LogP contribution in [-0.2, 0) is 21.2 Å². The molecule has 2 fully saturated rings. The largest absolute Gasteiger partial charge is 0.338 e. The highest BCUT2D eigenvalue weighted by Crippen LogP contribution is 2.26. The van der Waals surface area contributed by atoms with Crippen molar-refractivity contribution >= 4 is 15.7 Å². The Labute approximate surface area is 131 Å². The smallest absolute Gasteiger partial charge is 0.227 e. The Morgan fingerprint density at radius 1 is 1.36 bits per heavy atom. The summed E-state index contributed by atoms with van der Waals surface area (Å²) in [5.74, 6) is -0.143. The average Bonchev–Trinajstić information content (AvgIpc) is 3.04. The van der Waals surface area contributed by atoms with Crippen molar-refractivity contribution in [3.8, 4) is 0 Å². The van der Waals surface area contributed by atoms with Gasteiger partial charge in [-0.15, -0.1) is 0 Å². The Hall–Kier alpha value is -1.37. The molecule has 0 unspecified atom stereocenters. The van der Waals surface area contributed by atoms with E-state index in [0.29, 0.717) is 13.0 Å². The fourth-order valence-corrected chi connectivity index (χ4v) is 5.22. The predicted molar refractivity (Wildman–Crippen MR) is 83.1 cm³/mol. The van der Waals surface area contributed by atoms with Crippen LogP contribution in [-0.4, -0.2) is 53.1 Å². The number of aryl methyl sites for hydroxylation is 1. The topological polar surface area (TPSA) is 72.3 Å². The highest BCUT2D eigenvalue weighted by Gasteiger charge is 2.38. The van der Waals surface area contributed by atoms with Crippen LogP contribution in [0, 0.1) is 12.8 Å². The minimum atomic E-state index is -3.02. The van der Waals surface area contributed by atoms with Crippen molar-refractivity contribution in [3.63, 3.8) is 0 Å². The highest BCUT2D eigenvalue weighted by molar-refractivity contribution is 7.91. The van der Waals surface area contributed by atoms with Gasteiger partial charge in [0.15, 0.2) is 9.84 Å². The molecule has 1 amide bonds. The van der Waals surface area contributed by atoms with Gasteiger partial charge in [0, 0.05) is 12.7 Å². The molecule has 7 heteroatoms. The van der Waals surface area contributed by atoms with Crippen LogP contribution in [0.3, 0.4) is 0 Å². The predicted octanol–water partition coefficient (Wildman–Crippen LogP) is 1.01. The number of amides is 1. The minimum absolute atomic E-state index is 0.0228. The number of hydrogen-bond acceptors (Lipinski definition) is 4. The molecule has 0 spiro atoms. The Morgan fingerprint density at radius 2 is 2.18 bits per heavy atom. The molecule has 3 rings (SSSR count). The zero-order chi connectivity index (χ0) is 15.7. The maximum absolute atomic E-state index is 12.7. The number of hydrogen-bond donors (Lipinski definition) is 0. The molecule has 0 N–H and O–H groups in total. The third-order valence-electron chi connectivity index (χ3n) is 4.65. The molecule has 3 heterocycles. The van der Waals surface area contributed by atoms with Gasteiger partial charge in [0.05, 0.1) is 36.2 Å². The second-order valence-electron chi connectivity index (χ2n) is 6.52. The fraction of sp³-hybridized carbons (Fsp3) is 0.733. The molecule has 1 aromatic heterocycles. The molecule has 6 nitrogen and oxygen atoms in total. The number of carbonyl (C=O) groups excluding carboxylic acids is 1. The van der Waals surface area contributed by atoms with Gasteiger partial charge in [0.25, 0.3) is 0 Å². The van der Waals surface area contributed by atoms with Gasteiger partial charge in [-0.2, -0.15) is 5.10 Å². The van der Waals surface area contributed by atoms with E-state index in [2.05, 4.69) is 5.10 Å². The molecule has 22 heavy (non-hydrogen) atoms. The van der Waals surface area contributed by atoms with Crippen LogP contribution < -0.4 is 0 Å². The number of likely N-dealkylation sites (tertiary alicyclic amines) is 1. The lowest BCUT2D eigenvalue weighted by atomic mass is 9.98. The molecule has 0 saturated carbocycles. The van der Waals surface area contributed by atoms with Crippen LogP contribution in [0.4, 0.5) is 0 Å². The summed E-state index contributed by atoms with van der Waals surface area (Å²) in [6.45, 7) is 3.43. The lowest BCUT2D eigenvalue weighted by Gasteiger charge is -2.37. The molecule has 1 aromatic rings. The summed E-state index contributed by atoms with van der Waals surface area (Å²) in [6.07, 6.45) is 7.35. The molecule has 122 valence electrons. The molecule has 0 radical (unpaired) electrons. The Balaban J connectivity index is 1.70. The van der Waals surface area contributed by atoms with Crippen molar-refractivity contribution in [2.45, 2.75) is 45.2 Å². The summed E-state index contributed by atoms with van der Waals surface area (Å²) in [4.78, 5) is 14.6. The van der Waals surface area contributed by atoms with Crippen LogP contribution in [0.15, 0.2) is 12.4 Å². The van der Waals surface area contributed by atoms with Gasteiger partial charge >= 0.3 is 0 Å². The molecule has 2 aliphatic heterocycles. The normalized spacial score (nSPS) is 28.0. The zero-order valence-electron chi connectivity index (χ0n) is 12.9. The fourth-order valence-electron chi connectivity index (χ4n) is 3.49. The van der Waals surface area contributed by atoms with Crippen LogP contribution in [0.2, 0.25) is 0 Å². The Morgan fingerprint density at radius 3 is 2.82 bits per heavy atom. The van der Waals surface area contributed by atoms with E-state index in [4.69, 9.17) is 0 Å². The van der Waals surface area contributed by atoms with Crippen molar-refractivity contribution in [2.24, 2.45) is 5.92 Å². The van der Waals surface area contributed by atoms with Crippen molar-refractivity contribution < 1.29 is 13.2 Å². The first-order valence-corrected chi connectivity index (χ1v) is 9.77.